The van der Waals surface area contributed by atoms with Gasteiger partial charge in [-0.25, -0.2) is 0 Å². The second kappa shape index (κ2) is 6.73. The number of anilines is 2. The molecular weight excluding hydrogens is 322 g/mol. The molecule has 0 radical (unpaired) electrons. The van der Waals surface area contributed by atoms with E-state index in [9.17, 15) is 4.79 Å². The van der Waals surface area contributed by atoms with Gasteiger partial charge in [-0.05, 0) is 59.7 Å². The van der Waals surface area contributed by atoms with E-state index in [0.717, 1.165) is 18.8 Å². The lowest BCUT2D eigenvalue weighted by Gasteiger charge is -2.18. The van der Waals surface area contributed by atoms with E-state index in [2.05, 4.69) is 40.6 Å². The van der Waals surface area contributed by atoms with E-state index >= 15 is 0 Å². The van der Waals surface area contributed by atoms with E-state index in [-0.39, 0.29) is 5.91 Å². The van der Waals surface area contributed by atoms with E-state index in [1.165, 1.54) is 11.1 Å². The first-order valence-electron chi connectivity index (χ1n) is 8.46. The van der Waals surface area contributed by atoms with Gasteiger partial charge in [-0.2, -0.15) is 5.26 Å². The zero-order chi connectivity index (χ0) is 17.9. The first-order valence-corrected chi connectivity index (χ1v) is 8.46. The summed E-state index contributed by atoms with van der Waals surface area (Å²) in [5.74, 6) is -0.161. The molecule has 0 bridgehead atoms. The van der Waals surface area contributed by atoms with E-state index < -0.39 is 0 Å². The minimum atomic E-state index is -0.161. The van der Waals surface area contributed by atoms with Gasteiger partial charge in [0.05, 0.1) is 11.6 Å². The molecule has 4 rings (SSSR count). The smallest absolute Gasteiger partial charge is 0.255 e. The molecule has 3 aromatic rings. The Labute approximate surface area is 152 Å². The van der Waals surface area contributed by atoms with Gasteiger partial charge in [0.15, 0.2) is 0 Å². The molecule has 0 aliphatic carbocycles. The fourth-order valence-electron chi connectivity index (χ4n) is 3.17. The van der Waals surface area contributed by atoms with Crippen molar-refractivity contribution in [3.63, 3.8) is 0 Å². The molecule has 1 aliphatic rings. The Balaban J connectivity index is 1.44. The van der Waals surface area contributed by atoms with Crippen LogP contribution >= 0.6 is 0 Å². The molecule has 0 spiro atoms. The third-order valence-corrected chi connectivity index (χ3v) is 4.61. The summed E-state index contributed by atoms with van der Waals surface area (Å²) in [7, 11) is 0. The van der Waals surface area contributed by atoms with Crippen LogP contribution in [-0.2, 0) is 13.1 Å². The van der Waals surface area contributed by atoms with E-state index in [4.69, 9.17) is 5.26 Å². The molecular formula is C22H17N3O. The van der Waals surface area contributed by atoms with Crippen molar-refractivity contribution in [2.75, 3.05) is 10.2 Å². The second-order valence-electron chi connectivity index (χ2n) is 6.31. The quantitative estimate of drug-likeness (QED) is 0.773. The predicted molar refractivity (Wildman–Crippen MR) is 102 cm³/mol. The fraction of sp³-hybridized carbons (Fsp3) is 0.0909. The van der Waals surface area contributed by atoms with Crippen LogP contribution in [0.1, 0.15) is 27.0 Å². The van der Waals surface area contributed by atoms with Crippen LogP contribution in [0.5, 0.6) is 0 Å². The molecule has 1 N–H and O–H groups in total. The van der Waals surface area contributed by atoms with Gasteiger partial charge >= 0.3 is 0 Å². The maximum atomic E-state index is 12.4. The van der Waals surface area contributed by atoms with E-state index in [0.29, 0.717) is 16.8 Å². The topological polar surface area (TPSA) is 56.1 Å². The number of rotatable bonds is 3. The summed E-state index contributed by atoms with van der Waals surface area (Å²) < 4.78 is 0. The molecule has 0 saturated heterocycles. The highest BCUT2D eigenvalue weighted by molar-refractivity contribution is 6.04. The summed E-state index contributed by atoms with van der Waals surface area (Å²) in [4.78, 5) is 14.7. The normalized spacial score (nSPS) is 12.3. The molecule has 4 heteroatoms. The molecule has 1 amide bonds. The third-order valence-electron chi connectivity index (χ3n) is 4.61. The molecule has 1 heterocycles. The lowest BCUT2D eigenvalue weighted by molar-refractivity contribution is 0.102. The van der Waals surface area contributed by atoms with Crippen molar-refractivity contribution in [2.45, 2.75) is 13.1 Å². The summed E-state index contributed by atoms with van der Waals surface area (Å²) in [5.41, 5.74) is 5.67. The van der Waals surface area contributed by atoms with Crippen molar-refractivity contribution >= 4 is 17.3 Å². The lowest BCUT2D eigenvalue weighted by atomic mass is 10.1. The van der Waals surface area contributed by atoms with Crippen LogP contribution in [0.25, 0.3) is 0 Å². The number of hydrogen-bond donors (Lipinski definition) is 1. The zero-order valence-corrected chi connectivity index (χ0v) is 14.1. The molecule has 0 saturated carbocycles. The Kier molecular flexibility index (Phi) is 4.12. The number of fused-ring (bicyclic) bond motifs is 1. The van der Waals surface area contributed by atoms with Gasteiger partial charge in [0.2, 0.25) is 0 Å². The van der Waals surface area contributed by atoms with Crippen LogP contribution in [0.4, 0.5) is 11.4 Å². The Bertz CT molecular complexity index is 960. The number of hydrogen-bond acceptors (Lipinski definition) is 3. The molecule has 1 aliphatic heterocycles. The lowest BCUT2D eigenvalue weighted by Crippen LogP contribution is -2.15. The van der Waals surface area contributed by atoms with Crippen molar-refractivity contribution in [3.8, 4) is 6.07 Å². The minimum absolute atomic E-state index is 0.161. The summed E-state index contributed by atoms with van der Waals surface area (Å²) >= 11 is 0. The van der Waals surface area contributed by atoms with Crippen LogP contribution in [0.3, 0.4) is 0 Å². The zero-order valence-electron chi connectivity index (χ0n) is 14.1. The molecule has 0 unspecified atom stereocenters. The van der Waals surface area contributed by atoms with Crippen LogP contribution in [0.15, 0.2) is 72.8 Å². The Morgan fingerprint density at radius 2 is 1.50 bits per heavy atom. The average Bonchev–Trinajstić information content (AvgIpc) is 3.13. The number of benzene rings is 3. The molecule has 3 aromatic carbocycles. The van der Waals surface area contributed by atoms with Crippen molar-refractivity contribution < 1.29 is 4.79 Å². The SMILES string of the molecule is N#Cc1ccc(NC(=O)c2ccc(N3Cc4ccccc4C3)cc2)cc1. The Morgan fingerprint density at radius 3 is 2.08 bits per heavy atom. The Hall–Kier alpha value is -3.58. The van der Waals surface area contributed by atoms with Gasteiger partial charge in [0, 0.05) is 30.0 Å². The summed E-state index contributed by atoms with van der Waals surface area (Å²) in [5, 5.41) is 11.7. The van der Waals surface area contributed by atoms with E-state index in [1.54, 1.807) is 24.3 Å². The van der Waals surface area contributed by atoms with Crippen LogP contribution in [-0.4, -0.2) is 5.91 Å². The number of carbonyl (C=O) groups is 1. The third kappa shape index (κ3) is 3.15. The van der Waals surface area contributed by atoms with Crippen LogP contribution in [0.2, 0.25) is 0 Å². The Morgan fingerprint density at radius 1 is 0.885 bits per heavy atom. The highest BCUT2D eigenvalue weighted by Crippen LogP contribution is 2.28. The molecule has 4 nitrogen and oxygen atoms in total. The van der Waals surface area contributed by atoms with Gasteiger partial charge in [-0.3, -0.25) is 4.79 Å². The van der Waals surface area contributed by atoms with Crippen LogP contribution in [0, 0.1) is 11.3 Å². The maximum absolute atomic E-state index is 12.4. The van der Waals surface area contributed by atoms with Crippen LogP contribution < -0.4 is 10.2 Å². The minimum Gasteiger partial charge on any atom is -0.363 e. The number of amides is 1. The fourth-order valence-corrected chi connectivity index (χ4v) is 3.17. The van der Waals surface area contributed by atoms with Gasteiger partial charge in [0.1, 0.15) is 0 Å². The summed E-state index contributed by atoms with van der Waals surface area (Å²) in [6, 6.07) is 25.0. The van der Waals surface area contributed by atoms with Crippen molar-refractivity contribution in [1.82, 2.24) is 0 Å². The van der Waals surface area contributed by atoms with Crippen molar-refractivity contribution in [3.05, 3.63) is 95.1 Å². The second-order valence-corrected chi connectivity index (χ2v) is 6.31. The van der Waals surface area contributed by atoms with Gasteiger partial charge in [-0.1, -0.05) is 24.3 Å². The predicted octanol–water partition coefficient (Wildman–Crippen LogP) is 4.33. The first kappa shape index (κ1) is 15.9. The highest BCUT2D eigenvalue weighted by Gasteiger charge is 2.18. The first-order chi connectivity index (χ1) is 12.7. The molecule has 0 fully saturated rings. The van der Waals surface area contributed by atoms with Crippen molar-refractivity contribution in [2.24, 2.45) is 0 Å². The molecule has 26 heavy (non-hydrogen) atoms. The van der Waals surface area contributed by atoms with Crippen molar-refractivity contribution in [1.29, 1.82) is 5.26 Å². The van der Waals surface area contributed by atoms with Gasteiger partial charge < -0.3 is 10.2 Å². The monoisotopic (exact) mass is 339 g/mol. The molecule has 0 aromatic heterocycles. The van der Waals surface area contributed by atoms with Gasteiger partial charge in [0.25, 0.3) is 5.91 Å². The molecule has 126 valence electrons. The number of nitrogens with zero attached hydrogens (tertiary/aromatic N) is 2. The standard InChI is InChI=1S/C22H17N3O/c23-13-16-5-9-20(10-6-16)24-22(26)17-7-11-21(12-8-17)25-14-18-3-1-2-4-19(18)15-25/h1-12H,14-15H2,(H,24,26). The highest BCUT2D eigenvalue weighted by atomic mass is 16.1. The number of nitriles is 1. The molecule has 0 atom stereocenters. The number of nitrogens with one attached hydrogen (secondary N) is 1. The largest absolute Gasteiger partial charge is 0.363 e. The average molecular weight is 339 g/mol. The summed E-state index contributed by atoms with van der Waals surface area (Å²) in [6.45, 7) is 1.79. The van der Waals surface area contributed by atoms with Gasteiger partial charge in [-0.15, -0.1) is 0 Å². The van der Waals surface area contributed by atoms with E-state index in [1.807, 2.05) is 24.3 Å². The number of carbonyl (C=O) groups excluding carboxylic acids is 1. The maximum Gasteiger partial charge on any atom is 0.255 e. The summed E-state index contributed by atoms with van der Waals surface area (Å²) in [6.07, 6.45) is 0.